The molecule has 2 N–H and O–H groups in total. The standard InChI is InChI=1S/C22H29N2O3/c1-4-15-13-24(2)12-11-21-17-7-5-6-8-18(17)23-22(21,24)10-9-16(15)20(21,14-25)19(26)27-3/h4-8,16,23,25H,9-14H2,1-3H3/q+1/b15-4-/t16?,20?,21-,22-,24+/m0/s1. The molecular formula is C22H29N2O3+. The summed E-state index contributed by atoms with van der Waals surface area (Å²) >= 11 is 0. The molecule has 4 bridgehead atoms. The van der Waals surface area contributed by atoms with Crippen LogP contribution in [0.1, 0.15) is 31.7 Å². The maximum absolute atomic E-state index is 13.5. The van der Waals surface area contributed by atoms with Crippen LogP contribution >= 0.6 is 0 Å². The summed E-state index contributed by atoms with van der Waals surface area (Å²) in [7, 11) is 3.80. The molecule has 5 atom stereocenters. The largest absolute Gasteiger partial charge is 0.468 e. The molecule has 6 rings (SSSR count). The van der Waals surface area contributed by atoms with Gasteiger partial charge in [-0.2, -0.15) is 0 Å². The van der Waals surface area contributed by atoms with E-state index in [1.807, 2.05) is 0 Å². The van der Waals surface area contributed by atoms with Crippen molar-refractivity contribution in [1.82, 2.24) is 0 Å². The van der Waals surface area contributed by atoms with E-state index in [9.17, 15) is 9.90 Å². The summed E-state index contributed by atoms with van der Waals surface area (Å²) < 4.78 is 6.29. The van der Waals surface area contributed by atoms with Gasteiger partial charge in [-0.05, 0) is 30.5 Å². The normalized spacial score (nSPS) is 45.2. The maximum Gasteiger partial charge on any atom is 0.316 e. The number of nitrogens with one attached hydrogen (secondary N) is 1. The molecular weight excluding hydrogens is 340 g/mol. The number of methoxy groups -OCH3 is 1. The van der Waals surface area contributed by atoms with Gasteiger partial charge in [-0.3, -0.25) is 9.28 Å². The topological polar surface area (TPSA) is 58.6 Å². The Hall–Kier alpha value is -1.85. The van der Waals surface area contributed by atoms with Gasteiger partial charge in [0.15, 0.2) is 5.66 Å². The molecule has 1 aromatic rings. The number of anilines is 1. The second kappa shape index (κ2) is 5.15. The second-order valence-electron chi connectivity index (χ2n) is 9.04. The number of likely N-dealkylation sites (N-methyl/N-ethyl adjacent to an activating group) is 1. The minimum absolute atomic E-state index is 0.0151. The number of quaternary nitrogens is 1. The summed E-state index contributed by atoms with van der Waals surface area (Å²) in [5, 5.41) is 14.8. The highest BCUT2D eigenvalue weighted by molar-refractivity contribution is 5.85. The number of carbonyl (C=O) groups is 1. The van der Waals surface area contributed by atoms with Gasteiger partial charge in [-0.15, -0.1) is 0 Å². The highest BCUT2D eigenvalue weighted by Crippen LogP contribution is 2.74. The molecule has 4 heterocycles. The molecule has 5 aliphatic rings. The molecule has 0 aromatic heterocycles. The predicted octanol–water partition coefficient (Wildman–Crippen LogP) is 2.42. The van der Waals surface area contributed by atoms with E-state index in [1.54, 1.807) is 0 Å². The van der Waals surface area contributed by atoms with Crippen molar-refractivity contribution in [3.63, 3.8) is 0 Å². The number of rotatable bonds is 2. The zero-order valence-corrected chi connectivity index (χ0v) is 16.4. The van der Waals surface area contributed by atoms with Gasteiger partial charge in [-0.25, -0.2) is 0 Å². The lowest BCUT2D eigenvalue weighted by atomic mass is 9.46. The molecule has 0 amide bonds. The minimum Gasteiger partial charge on any atom is -0.468 e. The van der Waals surface area contributed by atoms with Gasteiger partial charge in [-0.1, -0.05) is 24.3 Å². The molecule has 1 saturated carbocycles. The van der Waals surface area contributed by atoms with Crippen LogP contribution in [0.3, 0.4) is 0 Å². The lowest BCUT2D eigenvalue weighted by Gasteiger charge is -2.57. The Morgan fingerprint density at radius 2 is 2.19 bits per heavy atom. The van der Waals surface area contributed by atoms with Crippen LogP contribution < -0.4 is 5.32 Å². The van der Waals surface area contributed by atoms with Crippen LogP contribution in [-0.2, 0) is 14.9 Å². The van der Waals surface area contributed by atoms with Crippen LogP contribution in [0.2, 0.25) is 0 Å². The molecule has 27 heavy (non-hydrogen) atoms. The molecule has 144 valence electrons. The Balaban J connectivity index is 1.93. The van der Waals surface area contributed by atoms with E-state index in [1.165, 1.54) is 18.2 Å². The van der Waals surface area contributed by atoms with E-state index in [4.69, 9.17) is 4.74 Å². The number of benzene rings is 1. The molecule has 2 unspecified atom stereocenters. The summed E-state index contributed by atoms with van der Waals surface area (Å²) in [5.74, 6) is -0.242. The lowest BCUT2D eigenvalue weighted by molar-refractivity contribution is -0.940. The van der Waals surface area contributed by atoms with Crippen LogP contribution in [0.25, 0.3) is 0 Å². The maximum atomic E-state index is 13.5. The summed E-state index contributed by atoms with van der Waals surface area (Å²) in [6.45, 7) is 3.80. The van der Waals surface area contributed by atoms with Crippen molar-refractivity contribution in [2.24, 2.45) is 11.3 Å². The number of nitrogens with zero attached hydrogens (tertiary/aromatic N) is 1. The summed E-state index contributed by atoms with van der Waals surface area (Å²) in [5.41, 5.74) is 1.91. The number of aliphatic hydroxyl groups is 1. The van der Waals surface area contributed by atoms with Crippen LogP contribution in [-0.4, -0.2) is 55.1 Å². The fourth-order valence-corrected chi connectivity index (χ4v) is 7.66. The lowest BCUT2D eigenvalue weighted by Crippen LogP contribution is -2.73. The number of hydrogen-bond donors (Lipinski definition) is 2. The molecule has 1 aliphatic carbocycles. The predicted molar refractivity (Wildman–Crippen MR) is 103 cm³/mol. The first-order valence-corrected chi connectivity index (χ1v) is 10.0. The SMILES string of the molecule is C/C=C1/C[N@@+]2(C)CC[C@@]34c5ccccc5N[C@]32CCC1C4(CO)C(=O)OC. The van der Waals surface area contributed by atoms with Crippen molar-refractivity contribution in [2.75, 3.05) is 39.2 Å². The van der Waals surface area contributed by atoms with Crippen LogP contribution in [0.5, 0.6) is 0 Å². The fraction of sp³-hybridized carbons (Fsp3) is 0.591. The molecule has 3 saturated heterocycles. The van der Waals surface area contributed by atoms with Crippen LogP contribution in [0.4, 0.5) is 5.69 Å². The molecule has 5 nitrogen and oxygen atoms in total. The number of carbonyl (C=O) groups excluding carboxylic acids is 1. The van der Waals surface area contributed by atoms with Crippen molar-refractivity contribution in [3.8, 4) is 0 Å². The third kappa shape index (κ3) is 1.52. The molecule has 4 fully saturated rings. The molecule has 1 aromatic carbocycles. The number of para-hydroxylation sites is 1. The monoisotopic (exact) mass is 369 g/mol. The number of aliphatic hydroxyl groups excluding tert-OH is 1. The van der Waals surface area contributed by atoms with Crippen LogP contribution in [0.15, 0.2) is 35.9 Å². The summed E-state index contributed by atoms with van der Waals surface area (Å²) in [4.78, 5) is 13.5. The average Bonchev–Trinajstić information content (AvgIpc) is 3.07. The van der Waals surface area contributed by atoms with Gasteiger partial charge in [0.2, 0.25) is 0 Å². The number of hydrogen-bond acceptors (Lipinski definition) is 4. The molecule has 0 radical (unpaired) electrons. The van der Waals surface area contributed by atoms with Crippen molar-refractivity contribution in [3.05, 3.63) is 41.5 Å². The van der Waals surface area contributed by atoms with Gasteiger partial charge in [0, 0.05) is 24.4 Å². The summed E-state index contributed by atoms with van der Waals surface area (Å²) in [6, 6.07) is 8.40. The Kier molecular flexibility index (Phi) is 3.29. The van der Waals surface area contributed by atoms with E-state index in [0.29, 0.717) is 0 Å². The van der Waals surface area contributed by atoms with Gasteiger partial charge in [0.05, 0.1) is 32.7 Å². The fourth-order valence-electron chi connectivity index (χ4n) is 7.66. The first-order chi connectivity index (χ1) is 13.0. The highest BCUT2D eigenvalue weighted by atomic mass is 16.5. The van der Waals surface area contributed by atoms with Crippen molar-refractivity contribution in [2.45, 2.75) is 37.3 Å². The first-order valence-electron chi connectivity index (χ1n) is 10.0. The Morgan fingerprint density at radius 1 is 1.41 bits per heavy atom. The van der Waals surface area contributed by atoms with Crippen molar-refractivity contribution >= 4 is 11.7 Å². The Morgan fingerprint density at radius 3 is 2.89 bits per heavy atom. The average molecular weight is 369 g/mol. The van der Waals surface area contributed by atoms with E-state index >= 15 is 0 Å². The second-order valence-corrected chi connectivity index (χ2v) is 9.04. The van der Waals surface area contributed by atoms with E-state index in [0.717, 1.165) is 42.5 Å². The highest BCUT2D eigenvalue weighted by Gasteiger charge is 2.85. The van der Waals surface area contributed by atoms with Gasteiger partial charge >= 0.3 is 5.97 Å². The molecule has 1 spiro atoms. The first kappa shape index (κ1) is 17.3. The molecule has 4 aliphatic heterocycles. The van der Waals surface area contributed by atoms with Gasteiger partial charge in [0.1, 0.15) is 12.0 Å². The number of allylic oxidation sites excluding steroid dienone is 1. The molecule has 5 heteroatoms. The van der Waals surface area contributed by atoms with E-state index < -0.39 is 10.8 Å². The van der Waals surface area contributed by atoms with E-state index in [2.05, 4.69) is 49.6 Å². The Labute approximate surface area is 160 Å². The number of esters is 1. The van der Waals surface area contributed by atoms with Crippen molar-refractivity contribution in [1.29, 1.82) is 0 Å². The Bertz CT molecular complexity index is 867. The van der Waals surface area contributed by atoms with E-state index in [-0.39, 0.29) is 24.2 Å². The van der Waals surface area contributed by atoms with Gasteiger partial charge < -0.3 is 15.2 Å². The number of fused-ring (bicyclic) bond motifs is 3. The van der Waals surface area contributed by atoms with Gasteiger partial charge in [0.25, 0.3) is 0 Å². The third-order valence-corrected chi connectivity index (χ3v) is 8.64. The zero-order chi connectivity index (χ0) is 19.1. The van der Waals surface area contributed by atoms with Crippen molar-refractivity contribution < 1.29 is 19.1 Å². The quantitative estimate of drug-likeness (QED) is 0.478. The number of ether oxygens (including phenoxy) is 1. The van der Waals surface area contributed by atoms with Crippen LogP contribution in [0, 0.1) is 11.3 Å². The smallest absolute Gasteiger partial charge is 0.316 e. The summed E-state index contributed by atoms with van der Waals surface area (Å²) in [6.07, 6.45) is 4.96. The zero-order valence-electron chi connectivity index (χ0n) is 16.4. The third-order valence-electron chi connectivity index (χ3n) is 8.64. The minimum atomic E-state index is -0.950.